The lowest BCUT2D eigenvalue weighted by Gasteiger charge is -2.06. The van der Waals surface area contributed by atoms with Crippen LogP contribution in [0.4, 0.5) is 0 Å². The monoisotopic (exact) mass is 275 g/mol. The highest BCUT2D eigenvalue weighted by Gasteiger charge is 2.16. The van der Waals surface area contributed by atoms with E-state index in [4.69, 9.17) is 0 Å². The summed E-state index contributed by atoms with van der Waals surface area (Å²) in [5, 5.41) is 0. The molecule has 0 amide bonds. The molecule has 5 heteroatoms. The van der Waals surface area contributed by atoms with Crippen molar-refractivity contribution >= 4 is 32.7 Å². The van der Waals surface area contributed by atoms with Crippen molar-refractivity contribution < 1.29 is 8.42 Å². The smallest absolute Gasteiger partial charge is 0.151 e. The summed E-state index contributed by atoms with van der Waals surface area (Å²) in [5.41, 5.74) is 0. The van der Waals surface area contributed by atoms with Crippen LogP contribution in [-0.2, 0) is 9.84 Å². The summed E-state index contributed by atoms with van der Waals surface area (Å²) in [7, 11) is -2.70. The number of nitrogens with zero attached hydrogens (tertiary/aromatic N) is 1. The van der Waals surface area contributed by atoms with Gasteiger partial charge in [0.2, 0.25) is 0 Å². The average molecular weight is 275 g/mol. The van der Waals surface area contributed by atoms with Gasteiger partial charge in [-0.1, -0.05) is 0 Å². The number of sulfone groups is 1. The van der Waals surface area contributed by atoms with Crippen molar-refractivity contribution in [2.45, 2.75) is 6.42 Å². The highest BCUT2D eigenvalue weighted by Crippen LogP contribution is 2.08. The van der Waals surface area contributed by atoms with E-state index in [0.29, 0.717) is 18.1 Å². The third kappa shape index (κ3) is 2.71. The molecule has 0 atom stereocenters. The molecule has 1 heterocycles. The summed E-state index contributed by atoms with van der Waals surface area (Å²) in [6.07, 6.45) is 0.783. The topological polar surface area (TPSA) is 37.4 Å². The Morgan fingerprint density at radius 1 is 1.20 bits per heavy atom. The Morgan fingerprint density at radius 2 is 1.90 bits per heavy atom. The van der Waals surface area contributed by atoms with E-state index in [9.17, 15) is 8.42 Å². The van der Waals surface area contributed by atoms with Crippen molar-refractivity contribution in [2.24, 2.45) is 0 Å². The lowest BCUT2D eigenvalue weighted by atomic mass is 10.5. The number of halogens is 1. The summed E-state index contributed by atoms with van der Waals surface area (Å²) in [6.45, 7) is 1.59. The predicted octanol–water partition coefficient (Wildman–Crippen LogP) is 0.457. The summed E-state index contributed by atoms with van der Waals surface area (Å²) in [5.74, 6) is 0.697. The Labute approximate surface area is 75.2 Å². The molecule has 60 valence electrons. The van der Waals surface area contributed by atoms with Crippen molar-refractivity contribution in [1.29, 1.82) is 0 Å². The molecule has 0 unspecified atom stereocenters. The van der Waals surface area contributed by atoms with E-state index in [1.54, 1.807) is 0 Å². The third-order valence-corrected chi connectivity index (χ3v) is 4.18. The first-order valence-corrected chi connectivity index (χ1v) is 6.00. The molecule has 0 aromatic rings. The maximum Gasteiger partial charge on any atom is 0.151 e. The minimum Gasteiger partial charge on any atom is -0.247 e. The van der Waals surface area contributed by atoms with E-state index >= 15 is 0 Å². The molecule has 0 aliphatic carbocycles. The molecule has 0 bridgehead atoms. The second-order valence-corrected chi connectivity index (χ2v) is 6.08. The molecular formula is C5H10INO2S. The van der Waals surface area contributed by atoms with Gasteiger partial charge in [-0.3, -0.25) is 0 Å². The highest BCUT2D eigenvalue weighted by atomic mass is 127. The Hall–Kier alpha value is 0.640. The van der Waals surface area contributed by atoms with Crippen molar-refractivity contribution in [3.8, 4) is 0 Å². The van der Waals surface area contributed by atoms with Gasteiger partial charge in [-0.05, 0) is 6.42 Å². The lowest BCUT2D eigenvalue weighted by Crippen LogP contribution is -2.16. The molecule has 3 nitrogen and oxygen atoms in total. The van der Waals surface area contributed by atoms with Crippen molar-refractivity contribution in [3.05, 3.63) is 0 Å². The van der Waals surface area contributed by atoms with E-state index in [2.05, 4.69) is 22.9 Å². The third-order valence-electron chi connectivity index (χ3n) is 1.50. The molecule has 0 N–H and O–H groups in total. The van der Waals surface area contributed by atoms with Gasteiger partial charge in [0, 0.05) is 36.0 Å². The molecular weight excluding hydrogens is 265 g/mol. The maximum absolute atomic E-state index is 11.0. The molecule has 0 aromatic heterocycles. The summed E-state index contributed by atoms with van der Waals surface area (Å²) in [4.78, 5) is 0. The first kappa shape index (κ1) is 8.73. The molecule has 1 saturated heterocycles. The van der Waals surface area contributed by atoms with Gasteiger partial charge in [-0.15, -0.1) is 0 Å². The van der Waals surface area contributed by atoms with Gasteiger partial charge < -0.3 is 0 Å². The molecule has 0 radical (unpaired) electrons. The normalized spacial score (nSPS) is 27.7. The first-order chi connectivity index (χ1) is 4.60. The molecule has 10 heavy (non-hydrogen) atoms. The second kappa shape index (κ2) is 3.36. The first-order valence-electron chi connectivity index (χ1n) is 3.21. The van der Waals surface area contributed by atoms with Gasteiger partial charge in [0.05, 0.1) is 11.5 Å². The summed E-state index contributed by atoms with van der Waals surface area (Å²) < 4.78 is 24.0. The van der Waals surface area contributed by atoms with Gasteiger partial charge in [0.1, 0.15) is 0 Å². The Kier molecular flexibility index (Phi) is 2.93. The zero-order valence-corrected chi connectivity index (χ0v) is 8.56. The van der Waals surface area contributed by atoms with Gasteiger partial charge in [0.25, 0.3) is 0 Å². The van der Waals surface area contributed by atoms with Gasteiger partial charge in [0.15, 0.2) is 9.84 Å². The van der Waals surface area contributed by atoms with Crippen LogP contribution in [0.15, 0.2) is 0 Å². The van der Waals surface area contributed by atoms with Crippen LogP contribution in [0.25, 0.3) is 0 Å². The van der Waals surface area contributed by atoms with E-state index in [-0.39, 0.29) is 0 Å². The highest BCUT2D eigenvalue weighted by molar-refractivity contribution is 14.1. The van der Waals surface area contributed by atoms with Crippen LogP contribution >= 0.6 is 22.9 Å². The Morgan fingerprint density at radius 3 is 2.60 bits per heavy atom. The van der Waals surface area contributed by atoms with Crippen LogP contribution in [0.5, 0.6) is 0 Å². The number of hydrogen-bond donors (Lipinski definition) is 0. The minimum atomic E-state index is -2.70. The SMILES string of the molecule is O=S1(=O)CCCN(I)CC1. The fourth-order valence-electron chi connectivity index (χ4n) is 0.908. The summed E-state index contributed by atoms with van der Waals surface area (Å²) >= 11 is 2.17. The van der Waals surface area contributed by atoms with E-state index in [1.165, 1.54) is 0 Å². The maximum atomic E-state index is 11.0. The van der Waals surface area contributed by atoms with Crippen molar-refractivity contribution in [3.63, 3.8) is 0 Å². The van der Waals surface area contributed by atoms with Crippen LogP contribution in [0.2, 0.25) is 0 Å². The lowest BCUT2D eigenvalue weighted by molar-refractivity contribution is 0.545. The quantitative estimate of drug-likeness (QED) is 0.476. The molecule has 0 aromatic carbocycles. The van der Waals surface area contributed by atoms with E-state index in [1.807, 2.05) is 3.11 Å². The van der Waals surface area contributed by atoms with Gasteiger partial charge in [-0.2, -0.15) is 0 Å². The van der Waals surface area contributed by atoms with Crippen LogP contribution in [-0.4, -0.2) is 36.1 Å². The fraction of sp³-hybridized carbons (Fsp3) is 1.00. The largest absolute Gasteiger partial charge is 0.247 e. The van der Waals surface area contributed by atoms with Crippen LogP contribution in [0, 0.1) is 0 Å². The Balaban J connectivity index is 2.58. The van der Waals surface area contributed by atoms with Gasteiger partial charge >= 0.3 is 0 Å². The molecule has 1 aliphatic heterocycles. The molecule has 1 rings (SSSR count). The van der Waals surface area contributed by atoms with Crippen molar-refractivity contribution in [1.82, 2.24) is 3.11 Å². The van der Waals surface area contributed by atoms with E-state index < -0.39 is 9.84 Å². The average Bonchev–Trinajstić information content (AvgIpc) is 1.94. The zero-order chi connectivity index (χ0) is 7.61. The molecule has 1 aliphatic rings. The number of hydrogen-bond acceptors (Lipinski definition) is 3. The van der Waals surface area contributed by atoms with Gasteiger partial charge in [-0.25, -0.2) is 11.5 Å². The zero-order valence-electron chi connectivity index (χ0n) is 5.59. The van der Waals surface area contributed by atoms with Crippen LogP contribution in [0.1, 0.15) is 6.42 Å². The second-order valence-electron chi connectivity index (χ2n) is 2.42. The predicted molar refractivity (Wildman–Crippen MR) is 48.9 cm³/mol. The summed E-state index contributed by atoms with van der Waals surface area (Å²) in [6, 6.07) is 0. The molecule has 1 fully saturated rings. The fourth-order valence-corrected chi connectivity index (χ4v) is 3.09. The van der Waals surface area contributed by atoms with Crippen LogP contribution < -0.4 is 0 Å². The Bertz CT molecular complexity index is 202. The number of rotatable bonds is 0. The molecule has 0 saturated carbocycles. The molecule has 0 spiro atoms. The minimum absolute atomic E-state index is 0.329. The standard InChI is InChI=1S/C5H10INO2S/c6-7-2-1-4-10(8,9)5-3-7/h1-5H2. The van der Waals surface area contributed by atoms with E-state index in [0.717, 1.165) is 13.0 Å². The van der Waals surface area contributed by atoms with Crippen LogP contribution in [0.3, 0.4) is 0 Å². The van der Waals surface area contributed by atoms with Crippen molar-refractivity contribution in [2.75, 3.05) is 24.6 Å².